The van der Waals surface area contributed by atoms with Crippen molar-refractivity contribution in [3.63, 3.8) is 0 Å². The van der Waals surface area contributed by atoms with Crippen molar-refractivity contribution >= 4 is 33.0 Å². The quantitative estimate of drug-likeness (QED) is 0.813. The van der Waals surface area contributed by atoms with E-state index in [0.717, 1.165) is 15.8 Å². The van der Waals surface area contributed by atoms with E-state index >= 15 is 0 Å². The Morgan fingerprint density at radius 2 is 2.29 bits per heavy atom. The normalized spacial score (nSPS) is 10.2. The molecular weight excluding hydrogens is 302 g/mol. The lowest BCUT2D eigenvalue weighted by atomic mass is 10.1. The van der Waals surface area contributed by atoms with Crippen LogP contribution in [0.4, 0.5) is 0 Å². The van der Waals surface area contributed by atoms with Crippen LogP contribution in [0.25, 0.3) is 0 Å². The summed E-state index contributed by atoms with van der Waals surface area (Å²) in [7, 11) is 1.59. The van der Waals surface area contributed by atoms with Gasteiger partial charge in [-0.25, -0.2) is 0 Å². The molecule has 2 rings (SSSR count). The summed E-state index contributed by atoms with van der Waals surface area (Å²) in [5, 5.41) is 1.83. The van der Waals surface area contributed by atoms with E-state index < -0.39 is 0 Å². The van der Waals surface area contributed by atoms with E-state index in [1.54, 1.807) is 25.6 Å². The number of hydrogen-bond acceptors (Lipinski definition) is 4. The maximum atomic E-state index is 12.0. The number of halogens is 1. The first-order valence-corrected chi connectivity index (χ1v) is 6.61. The van der Waals surface area contributed by atoms with E-state index in [1.165, 1.54) is 11.3 Å². The number of carbonyl (C=O) groups excluding carboxylic acids is 1. The van der Waals surface area contributed by atoms with Crippen LogP contribution in [0, 0.1) is 0 Å². The van der Waals surface area contributed by atoms with E-state index in [1.807, 2.05) is 11.4 Å². The van der Waals surface area contributed by atoms with Gasteiger partial charge in [0, 0.05) is 34.7 Å². The Balaban J connectivity index is 2.11. The summed E-state index contributed by atoms with van der Waals surface area (Å²) in [4.78, 5) is 16.7. The van der Waals surface area contributed by atoms with Gasteiger partial charge in [0.2, 0.25) is 0 Å². The summed E-state index contributed by atoms with van der Waals surface area (Å²) in [6.45, 7) is 0. The zero-order valence-corrected chi connectivity index (χ0v) is 11.5. The highest BCUT2D eigenvalue weighted by Gasteiger charge is 2.10. The van der Waals surface area contributed by atoms with Crippen molar-refractivity contribution in [1.29, 1.82) is 0 Å². The second-order valence-corrected chi connectivity index (χ2v) is 5.29. The Kier molecular flexibility index (Phi) is 3.91. The van der Waals surface area contributed by atoms with E-state index in [-0.39, 0.29) is 5.78 Å². The van der Waals surface area contributed by atoms with Gasteiger partial charge in [0.05, 0.1) is 12.0 Å². The van der Waals surface area contributed by atoms with Gasteiger partial charge in [-0.05, 0) is 27.6 Å². The van der Waals surface area contributed by atoms with Gasteiger partial charge in [-0.1, -0.05) is 0 Å². The number of hydrogen-bond donors (Lipinski definition) is 0. The highest BCUT2D eigenvalue weighted by molar-refractivity contribution is 9.10. The molecule has 2 aromatic heterocycles. The standard InChI is InChI=1S/C12H10BrNO2S/c1-16-10-4-12(17-7-10)11(15)3-8-2-9(13)6-14-5-8/h2,4-7H,3H2,1H3. The average molecular weight is 312 g/mol. The SMILES string of the molecule is COc1csc(C(=O)Cc2cncc(Br)c2)c1. The van der Waals surface area contributed by atoms with Crippen molar-refractivity contribution in [3.8, 4) is 5.75 Å². The third-order valence-electron chi connectivity index (χ3n) is 2.21. The Bertz CT molecular complexity index is 539. The third kappa shape index (κ3) is 3.14. The van der Waals surface area contributed by atoms with Gasteiger partial charge in [-0.2, -0.15) is 0 Å². The van der Waals surface area contributed by atoms with Gasteiger partial charge in [0.25, 0.3) is 0 Å². The summed E-state index contributed by atoms with van der Waals surface area (Å²) in [6.07, 6.45) is 3.76. The molecule has 88 valence electrons. The molecule has 2 aromatic rings. The molecule has 0 fully saturated rings. The second-order valence-electron chi connectivity index (χ2n) is 3.46. The molecule has 0 bridgehead atoms. The summed E-state index contributed by atoms with van der Waals surface area (Å²) < 4.78 is 5.93. The summed E-state index contributed by atoms with van der Waals surface area (Å²) in [5.41, 5.74) is 0.900. The smallest absolute Gasteiger partial charge is 0.177 e. The molecule has 17 heavy (non-hydrogen) atoms. The average Bonchev–Trinajstić information content (AvgIpc) is 2.77. The first-order chi connectivity index (χ1) is 8.19. The fraction of sp³-hybridized carbons (Fsp3) is 0.167. The Morgan fingerprint density at radius 3 is 2.94 bits per heavy atom. The van der Waals surface area contributed by atoms with Gasteiger partial charge < -0.3 is 4.74 Å². The number of ketones is 1. The lowest BCUT2D eigenvalue weighted by Crippen LogP contribution is -2.01. The van der Waals surface area contributed by atoms with Gasteiger partial charge in [-0.15, -0.1) is 11.3 Å². The number of ether oxygens (including phenoxy) is 1. The molecular formula is C12H10BrNO2S. The maximum Gasteiger partial charge on any atom is 0.177 e. The van der Waals surface area contributed by atoms with Crippen LogP contribution in [0.3, 0.4) is 0 Å². The van der Waals surface area contributed by atoms with Crippen LogP contribution in [0.2, 0.25) is 0 Å². The zero-order chi connectivity index (χ0) is 12.3. The third-order valence-corrected chi connectivity index (χ3v) is 3.60. The Labute approximate surface area is 112 Å². The van der Waals surface area contributed by atoms with Gasteiger partial charge in [0.1, 0.15) is 5.75 Å². The van der Waals surface area contributed by atoms with Crippen LogP contribution in [-0.2, 0) is 6.42 Å². The summed E-state index contributed by atoms with van der Waals surface area (Å²) >= 11 is 4.73. The molecule has 0 aliphatic heterocycles. The molecule has 0 amide bonds. The fourth-order valence-corrected chi connectivity index (χ4v) is 2.60. The highest BCUT2D eigenvalue weighted by Crippen LogP contribution is 2.22. The van der Waals surface area contributed by atoms with Gasteiger partial charge in [-0.3, -0.25) is 9.78 Å². The summed E-state index contributed by atoms with van der Waals surface area (Å²) in [5.74, 6) is 0.809. The molecule has 0 aromatic carbocycles. The number of thiophene rings is 1. The van der Waals surface area contributed by atoms with Crippen LogP contribution in [0.1, 0.15) is 15.2 Å². The molecule has 0 spiro atoms. The first-order valence-electron chi connectivity index (χ1n) is 4.94. The molecule has 2 heterocycles. The molecule has 0 radical (unpaired) electrons. The molecule has 5 heteroatoms. The molecule has 0 saturated heterocycles. The minimum atomic E-state index is 0.0817. The number of Topliss-reactive ketones (excluding diaryl/α,β-unsaturated/α-hetero) is 1. The van der Waals surface area contributed by atoms with E-state index in [2.05, 4.69) is 20.9 Å². The molecule has 0 atom stereocenters. The number of nitrogens with zero attached hydrogens (tertiary/aromatic N) is 1. The van der Waals surface area contributed by atoms with Crippen LogP contribution >= 0.6 is 27.3 Å². The monoisotopic (exact) mass is 311 g/mol. The number of carbonyl (C=O) groups is 1. The molecule has 0 unspecified atom stereocenters. The van der Waals surface area contributed by atoms with Crippen molar-refractivity contribution in [3.05, 3.63) is 44.8 Å². The highest BCUT2D eigenvalue weighted by atomic mass is 79.9. The maximum absolute atomic E-state index is 12.0. The first kappa shape index (κ1) is 12.3. The second kappa shape index (κ2) is 5.42. The topological polar surface area (TPSA) is 39.2 Å². The predicted molar refractivity (Wildman–Crippen MR) is 70.8 cm³/mol. The number of methoxy groups -OCH3 is 1. The number of pyridine rings is 1. The molecule has 0 aliphatic rings. The van der Waals surface area contributed by atoms with Crippen LogP contribution in [0.5, 0.6) is 5.75 Å². The molecule has 0 N–H and O–H groups in total. The minimum absolute atomic E-state index is 0.0817. The summed E-state index contributed by atoms with van der Waals surface area (Å²) in [6, 6.07) is 3.66. The van der Waals surface area contributed by atoms with E-state index in [4.69, 9.17) is 4.74 Å². The predicted octanol–water partition coefficient (Wildman–Crippen LogP) is 3.34. The van der Waals surface area contributed by atoms with Crippen LogP contribution < -0.4 is 4.74 Å². The van der Waals surface area contributed by atoms with Crippen molar-refractivity contribution in [2.24, 2.45) is 0 Å². The number of rotatable bonds is 4. The van der Waals surface area contributed by atoms with Crippen LogP contribution in [0.15, 0.2) is 34.4 Å². The van der Waals surface area contributed by atoms with Crippen molar-refractivity contribution < 1.29 is 9.53 Å². The van der Waals surface area contributed by atoms with Crippen molar-refractivity contribution in [2.45, 2.75) is 6.42 Å². The van der Waals surface area contributed by atoms with Gasteiger partial charge >= 0.3 is 0 Å². The van der Waals surface area contributed by atoms with E-state index in [0.29, 0.717) is 11.3 Å². The zero-order valence-electron chi connectivity index (χ0n) is 9.14. The van der Waals surface area contributed by atoms with Crippen molar-refractivity contribution in [1.82, 2.24) is 4.98 Å². The minimum Gasteiger partial charge on any atom is -0.496 e. The largest absolute Gasteiger partial charge is 0.496 e. The molecule has 3 nitrogen and oxygen atoms in total. The Morgan fingerprint density at radius 1 is 1.47 bits per heavy atom. The van der Waals surface area contributed by atoms with Gasteiger partial charge in [0.15, 0.2) is 5.78 Å². The lowest BCUT2D eigenvalue weighted by Gasteiger charge is -1.99. The van der Waals surface area contributed by atoms with Crippen molar-refractivity contribution in [2.75, 3.05) is 7.11 Å². The lowest BCUT2D eigenvalue weighted by molar-refractivity contribution is 0.0996. The Hall–Kier alpha value is -1.20. The fourth-order valence-electron chi connectivity index (χ4n) is 1.40. The van der Waals surface area contributed by atoms with Crippen LogP contribution in [-0.4, -0.2) is 17.9 Å². The molecule has 0 aliphatic carbocycles. The van der Waals surface area contributed by atoms with E-state index in [9.17, 15) is 4.79 Å². The number of aromatic nitrogens is 1. The molecule has 0 saturated carbocycles.